The number of rotatable bonds is 2. The van der Waals surface area contributed by atoms with Crippen LogP contribution >= 0.6 is 0 Å². The molecule has 0 bridgehead atoms. The lowest BCUT2D eigenvalue weighted by atomic mass is 9.83. The van der Waals surface area contributed by atoms with E-state index in [-0.39, 0.29) is 6.04 Å². The van der Waals surface area contributed by atoms with Crippen molar-refractivity contribution in [1.29, 1.82) is 0 Å². The second-order valence-electron chi connectivity index (χ2n) is 5.36. The van der Waals surface area contributed by atoms with Crippen molar-refractivity contribution in [2.45, 2.75) is 44.6 Å². The molecule has 2 fully saturated rings. The Hall–Kier alpha value is -1.16. The molecule has 0 spiro atoms. The Balaban J connectivity index is 1.85. The number of nitrogens with two attached hydrogens (primary N) is 1. The molecular formula is C13H20N4. The maximum absolute atomic E-state index is 5.94. The Kier molecular flexibility index (Phi) is 2.74. The Morgan fingerprint density at radius 3 is 2.71 bits per heavy atom. The maximum Gasteiger partial charge on any atom is 0.225 e. The highest BCUT2D eigenvalue weighted by Crippen LogP contribution is 2.36. The van der Waals surface area contributed by atoms with Crippen LogP contribution in [0.3, 0.4) is 0 Å². The zero-order valence-electron chi connectivity index (χ0n) is 10.4. The summed E-state index contributed by atoms with van der Waals surface area (Å²) in [4.78, 5) is 11.5. The van der Waals surface area contributed by atoms with Crippen molar-refractivity contribution >= 4 is 5.95 Å². The summed E-state index contributed by atoms with van der Waals surface area (Å²) >= 11 is 0. The largest absolute Gasteiger partial charge is 0.339 e. The average molecular weight is 232 g/mol. The fraction of sp³-hybridized carbons (Fsp3) is 0.692. The standard InChI is InChI=1S/C13H20N4/c1-9-7-12(10-3-2-4-10)16-13(15-9)17-6-5-11(14)8-17/h7,10-11H,2-6,8,14H2,1H3/t11-/m1/s1. The lowest BCUT2D eigenvalue weighted by molar-refractivity contribution is 0.410. The molecule has 17 heavy (non-hydrogen) atoms. The minimum absolute atomic E-state index is 0.284. The number of hydrogen-bond donors (Lipinski definition) is 1. The number of nitrogens with zero attached hydrogens (tertiary/aromatic N) is 3. The molecule has 1 atom stereocenters. The first-order valence-corrected chi connectivity index (χ1v) is 6.58. The van der Waals surface area contributed by atoms with Gasteiger partial charge in [0.05, 0.1) is 0 Å². The molecule has 0 radical (unpaired) electrons. The zero-order valence-corrected chi connectivity index (χ0v) is 10.4. The maximum atomic E-state index is 5.94. The number of anilines is 1. The summed E-state index contributed by atoms with van der Waals surface area (Å²) in [7, 11) is 0. The van der Waals surface area contributed by atoms with Gasteiger partial charge in [0.25, 0.3) is 0 Å². The van der Waals surface area contributed by atoms with Crippen LogP contribution < -0.4 is 10.6 Å². The summed E-state index contributed by atoms with van der Waals surface area (Å²) in [6, 6.07) is 2.43. The highest BCUT2D eigenvalue weighted by Gasteiger charge is 2.25. The van der Waals surface area contributed by atoms with Crippen LogP contribution in [0.2, 0.25) is 0 Å². The average Bonchev–Trinajstić information content (AvgIpc) is 2.61. The fourth-order valence-electron chi connectivity index (χ4n) is 2.60. The second kappa shape index (κ2) is 4.26. The number of aromatic nitrogens is 2. The van der Waals surface area contributed by atoms with Gasteiger partial charge in [0.15, 0.2) is 0 Å². The summed E-state index contributed by atoms with van der Waals surface area (Å²) < 4.78 is 0. The highest BCUT2D eigenvalue weighted by molar-refractivity contribution is 5.35. The van der Waals surface area contributed by atoms with Crippen LogP contribution in [0.4, 0.5) is 5.95 Å². The van der Waals surface area contributed by atoms with Crippen LogP contribution in [0.15, 0.2) is 6.07 Å². The van der Waals surface area contributed by atoms with Crippen LogP contribution in [-0.4, -0.2) is 29.1 Å². The molecule has 92 valence electrons. The molecule has 2 N–H and O–H groups in total. The van der Waals surface area contributed by atoms with Gasteiger partial charge in [-0.15, -0.1) is 0 Å². The third-order valence-corrected chi connectivity index (χ3v) is 3.89. The van der Waals surface area contributed by atoms with Gasteiger partial charge in [-0.2, -0.15) is 0 Å². The van der Waals surface area contributed by atoms with Gasteiger partial charge < -0.3 is 10.6 Å². The van der Waals surface area contributed by atoms with Gasteiger partial charge in [-0.1, -0.05) is 6.42 Å². The molecule has 1 aromatic rings. The Bertz CT molecular complexity index is 414. The fourth-order valence-corrected chi connectivity index (χ4v) is 2.60. The Morgan fingerprint density at radius 2 is 2.12 bits per heavy atom. The summed E-state index contributed by atoms with van der Waals surface area (Å²) in [6.45, 7) is 3.95. The number of aryl methyl sites for hydroxylation is 1. The molecule has 1 saturated heterocycles. The van der Waals surface area contributed by atoms with Crippen molar-refractivity contribution in [2.75, 3.05) is 18.0 Å². The molecular weight excluding hydrogens is 212 g/mol. The molecule has 1 aromatic heterocycles. The van der Waals surface area contributed by atoms with Gasteiger partial charge in [0, 0.05) is 36.4 Å². The van der Waals surface area contributed by atoms with Gasteiger partial charge in [-0.3, -0.25) is 0 Å². The predicted molar refractivity (Wildman–Crippen MR) is 68.2 cm³/mol. The van der Waals surface area contributed by atoms with Crippen molar-refractivity contribution in [1.82, 2.24) is 9.97 Å². The van der Waals surface area contributed by atoms with E-state index in [9.17, 15) is 0 Å². The Labute approximate surface area is 102 Å². The lowest BCUT2D eigenvalue weighted by Gasteiger charge is -2.26. The highest BCUT2D eigenvalue weighted by atomic mass is 15.3. The van der Waals surface area contributed by atoms with Crippen LogP contribution in [-0.2, 0) is 0 Å². The SMILES string of the molecule is Cc1cc(C2CCC2)nc(N2CC[C@@H](N)C2)n1. The van der Waals surface area contributed by atoms with E-state index in [1.165, 1.54) is 25.0 Å². The first kappa shape index (κ1) is 11.0. The zero-order chi connectivity index (χ0) is 11.8. The van der Waals surface area contributed by atoms with Crippen molar-refractivity contribution in [3.63, 3.8) is 0 Å². The quantitative estimate of drug-likeness (QED) is 0.841. The first-order valence-electron chi connectivity index (χ1n) is 6.58. The van der Waals surface area contributed by atoms with Crippen LogP contribution in [0.1, 0.15) is 43.0 Å². The molecule has 2 aliphatic rings. The van der Waals surface area contributed by atoms with E-state index in [1.54, 1.807) is 0 Å². The number of hydrogen-bond acceptors (Lipinski definition) is 4. The van der Waals surface area contributed by atoms with E-state index in [0.29, 0.717) is 5.92 Å². The summed E-state index contributed by atoms with van der Waals surface area (Å²) in [5, 5.41) is 0. The van der Waals surface area contributed by atoms with Crippen molar-refractivity contribution < 1.29 is 0 Å². The van der Waals surface area contributed by atoms with Gasteiger partial charge in [-0.25, -0.2) is 9.97 Å². The third-order valence-electron chi connectivity index (χ3n) is 3.89. The van der Waals surface area contributed by atoms with Crippen molar-refractivity contribution in [3.8, 4) is 0 Å². The monoisotopic (exact) mass is 232 g/mol. The van der Waals surface area contributed by atoms with Gasteiger partial charge in [0.1, 0.15) is 0 Å². The molecule has 1 saturated carbocycles. The van der Waals surface area contributed by atoms with Crippen LogP contribution in [0.5, 0.6) is 0 Å². The normalized spacial score (nSPS) is 25.1. The molecule has 1 aliphatic heterocycles. The van der Waals surface area contributed by atoms with E-state index in [2.05, 4.69) is 22.9 Å². The molecule has 3 rings (SSSR count). The summed E-state index contributed by atoms with van der Waals surface area (Å²) in [5.41, 5.74) is 8.25. The predicted octanol–water partition coefficient (Wildman–Crippen LogP) is 1.59. The molecule has 2 heterocycles. The Morgan fingerprint density at radius 1 is 1.29 bits per heavy atom. The molecule has 0 amide bonds. The van der Waals surface area contributed by atoms with E-state index in [4.69, 9.17) is 10.7 Å². The van der Waals surface area contributed by atoms with E-state index in [1.807, 2.05) is 0 Å². The van der Waals surface area contributed by atoms with E-state index < -0.39 is 0 Å². The second-order valence-corrected chi connectivity index (χ2v) is 5.36. The molecule has 0 unspecified atom stereocenters. The van der Waals surface area contributed by atoms with Crippen LogP contribution in [0.25, 0.3) is 0 Å². The van der Waals surface area contributed by atoms with Gasteiger partial charge in [0.2, 0.25) is 5.95 Å². The van der Waals surface area contributed by atoms with E-state index in [0.717, 1.165) is 31.2 Å². The molecule has 0 aromatic carbocycles. The van der Waals surface area contributed by atoms with Crippen molar-refractivity contribution in [3.05, 3.63) is 17.5 Å². The molecule has 4 heteroatoms. The summed E-state index contributed by atoms with van der Waals surface area (Å²) in [6.07, 6.45) is 4.97. The summed E-state index contributed by atoms with van der Waals surface area (Å²) in [5.74, 6) is 1.56. The minimum Gasteiger partial charge on any atom is -0.339 e. The third kappa shape index (κ3) is 2.14. The molecule has 1 aliphatic carbocycles. The van der Waals surface area contributed by atoms with E-state index >= 15 is 0 Å². The minimum atomic E-state index is 0.284. The van der Waals surface area contributed by atoms with Crippen LogP contribution in [0, 0.1) is 6.92 Å². The lowest BCUT2D eigenvalue weighted by Crippen LogP contribution is -2.28. The molecule has 4 nitrogen and oxygen atoms in total. The topological polar surface area (TPSA) is 55.0 Å². The van der Waals surface area contributed by atoms with Gasteiger partial charge >= 0.3 is 0 Å². The van der Waals surface area contributed by atoms with Crippen molar-refractivity contribution in [2.24, 2.45) is 5.73 Å². The smallest absolute Gasteiger partial charge is 0.225 e. The first-order chi connectivity index (χ1) is 8.22. The van der Waals surface area contributed by atoms with Gasteiger partial charge in [-0.05, 0) is 32.3 Å².